The van der Waals surface area contributed by atoms with Crippen molar-refractivity contribution >= 4 is 11.9 Å². The fourth-order valence-electron chi connectivity index (χ4n) is 1.95. The quantitative estimate of drug-likeness (QED) is 0.842. The highest BCUT2D eigenvalue weighted by Crippen LogP contribution is 2.19. The van der Waals surface area contributed by atoms with Gasteiger partial charge in [0.05, 0.1) is 0 Å². The van der Waals surface area contributed by atoms with Crippen molar-refractivity contribution in [2.75, 3.05) is 0 Å². The summed E-state index contributed by atoms with van der Waals surface area (Å²) in [5.41, 5.74) is 0.719. The van der Waals surface area contributed by atoms with Gasteiger partial charge in [-0.2, -0.15) is 0 Å². The number of hydrogen-bond donors (Lipinski definition) is 2. The zero-order valence-electron chi connectivity index (χ0n) is 11.9. The van der Waals surface area contributed by atoms with Crippen molar-refractivity contribution in [1.82, 2.24) is 5.32 Å². The molecule has 20 heavy (non-hydrogen) atoms. The Labute approximate surface area is 118 Å². The maximum absolute atomic E-state index is 13.1. The van der Waals surface area contributed by atoms with E-state index in [-0.39, 0.29) is 30.0 Å². The van der Waals surface area contributed by atoms with E-state index >= 15 is 0 Å². The molecule has 0 fully saturated rings. The first-order valence-electron chi connectivity index (χ1n) is 6.59. The van der Waals surface area contributed by atoms with Gasteiger partial charge in [-0.05, 0) is 29.5 Å². The van der Waals surface area contributed by atoms with Crippen LogP contribution < -0.4 is 5.32 Å². The van der Waals surface area contributed by atoms with E-state index in [9.17, 15) is 14.0 Å². The largest absolute Gasteiger partial charge is 0.480 e. The SMILES string of the molecule is CC(C)[C@@H](NC(=O)C[C@H](C)c1cccc(F)c1)C(=O)O. The Morgan fingerprint density at radius 3 is 2.45 bits per heavy atom. The average Bonchev–Trinajstić information content (AvgIpc) is 2.35. The summed E-state index contributed by atoms with van der Waals surface area (Å²) >= 11 is 0. The summed E-state index contributed by atoms with van der Waals surface area (Å²) in [6, 6.07) is 5.16. The smallest absolute Gasteiger partial charge is 0.326 e. The number of hydrogen-bond acceptors (Lipinski definition) is 2. The van der Waals surface area contributed by atoms with Gasteiger partial charge >= 0.3 is 5.97 Å². The number of carboxylic acids is 1. The molecule has 0 aromatic heterocycles. The van der Waals surface area contributed by atoms with E-state index in [0.717, 1.165) is 5.56 Å². The lowest BCUT2D eigenvalue weighted by Crippen LogP contribution is -2.44. The van der Waals surface area contributed by atoms with Gasteiger partial charge in [0.25, 0.3) is 0 Å². The molecule has 0 heterocycles. The van der Waals surface area contributed by atoms with E-state index in [1.54, 1.807) is 32.9 Å². The summed E-state index contributed by atoms with van der Waals surface area (Å²) in [4.78, 5) is 22.9. The molecule has 0 aliphatic heterocycles. The second-order valence-corrected chi connectivity index (χ2v) is 5.29. The number of aliphatic carboxylic acids is 1. The van der Waals surface area contributed by atoms with Crippen molar-refractivity contribution in [3.8, 4) is 0 Å². The molecule has 0 saturated heterocycles. The fraction of sp³-hybridized carbons (Fsp3) is 0.467. The molecule has 0 aliphatic carbocycles. The summed E-state index contributed by atoms with van der Waals surface area (Å²) in [5, 5.41) is 11.5. The molecule has 0 saturated carbocycles. The molecular weight excluding hydrogens is 261 g/mol. The molecule has 1 amide bonds. The van der Waals surface area contributed by atoms with Crippen LogP contribution in [0.4, 0.5) is 4.39 Å². The van der Waals surface area contributed by atoms with Crippen LogP contribution in [0.5, 0.6) is 0 Å². The second kappa shape index (κ2) is 7.03. The molecule has 0 unspecified atom stereocenters. The lowest BCUT2D eigenvalue weighted by Gasteiger charge is -2.19. The molecule has 1 aromatic rings. The van der Waals surface area contributed by atoms with Crippen LogP contribution in [0.2, 0.25) is 0 Å². The van der Waals surface area contributed by atoms with E-state index in [2.05, 4.69) is 5.32 Å². The molecule has 1 aromatic carbocycles. The van der Waals surface area contributed by atoms with Crippen LogP contribution in [0.25, 0.3) is 0 Å². The maximum Gasteiger partial charge on any atom is 0.326 e. The topological polar surface area (TPSA) is 66.4 Å². The average molecular weight is 281 g/mol. The number of carbonyl (C=O) groups excluding carboxylic acids is 1. The van der Waals surface area contributed by atoms with Crippen molar-refractivity contribution in [2.45, 2.75) is 39.2 Å². The van der Waals surface area contributed by atoms with Crippen molar-refractivity contribution < 1.29 is 19.1 Å². The number of amides is 1. The number of carboxylic acid groups (broad SMARTS) is 1. The van der Waals surface area contributed by atoms with Gasteiger partial charge in [-0.25, -0.2) is 9.18 Å². The fourth-order valence-corrected chi connectivity index (χ4v) is 1.95. The van der Waals surface area contributed by atoms with Gasteiger partial charge in [-0.1, -0.05) is 32.9 Å². The molecule has 5 heteroatoms. The summed E-state index contributed by atoms with van der Waals surface area (Å²) in [6.07, 6.45) is 0.125. The summed E-state index contributed by atoms with van der Waals surface area (Å²) in [7, 11) is 0. The number of nitrogens with one attached hydrogen (secondary N) is 1. The van der Waals surface area contributed by atoms with E-state index in [4.69, 9.17) is 5.11 Å². The summed E-state index contributed by atoms with van der Waals surface area (Å²) < 4.78 is 13.1. The Hall–Kier alpha value is -1.91. The van der Waals surface area contributed by atoms with Crippen molar-refractivity contribution in [3.63, 3.8) is 0 Å². The monoisotopic (exact) mass is 281 g/mol. The minimum Gasteiger partial charge on any atom is -0.480 e. The van der Waals surface area contributed by atoms with Crippen molar-refractivity contribution in [3.05, 3.63) is 35.6 Å². The van der Waals surface area contributed by atoms with Gasteiger partial charge in [0.1, 0.15) is 11.9 Å². The van der Waals surface area contributed by atoms with Gasteiger partial charge in [0.15, 0.2) is 0 Å². The molecule has 1 rings (SSSR count). The van der Waals surface area contributed by atoms with Gasteiger partial charge in [0, 0.05) is 6.42 Å². The van der Waals surface area contributed by atoms with Gasteiger partial charge in [-0.15, -0.1) is 0 Å². The Bertz CT molecular complexity index is 488. The molecule has 0 spiro atoms. The molecule has 0 aliphatic rings. The van der Waals surface area contributed by atoms with E-state index in [0.29, 0.717) is 0 Å². The third kappa shape index (κ3) is 4.64. The van der Waals surface area contributed by atoms with Crippen LogP contribution in [0.1, 0.15) is 38.7 Å². The Balaban J connectivity index is 2.64. The van der Waals surface area contributed by atoms with Crippen molar-refractivity contribution in [2.24, 2.45) is 5.92 Å². The highest BCUT2D eigenvalue weighted by atomic mass is 19.1. The lowest BCUT2D eigenvalue weighted by atomic mass is 9.96. The molecule has 4 nitrogen and oxygen atoms in total. The third-order valence-corrected chi connectivity index (χ3v) is 3.16. The van der Waals surface area contributed by atoms with Crippen LogP contribution in [-0.2, 0) is 9.59 Å². The predicted molar refractivity (Wildman–Crippen MR) is 73.8 cm³/mol. The minimum atomic E-state index is -1.05. The Morgan fingerprint density at radius 1 is 1.30 bits per heavy atom. The molecule has 2 N–H and O–H groups in total. The normalized spacial score (nSPS) is 13.8. The van der Waals surface area contributed by atoms with E-state index in [1.165, 1.54) is 12.1 Å². The molecule has 0 bridgehead atoms. The summed E-state index contributed by atoms with van der Waals surface area (Å²) in [5.74, 6) is -2.11. The molecular formula is C15H20FNO3. The summed E-state index contributed by atoms with van der Waals surface area (Å²) in [6.45, 7) is 5.27. The Morgan fingerprint density at radius 2 is 1.95 bits per heavy atom. The minimum absolute atomic E-state index is 0.125. The molecule has 110 valence electrons. The van der Waals surface area contributed by atoms with Crippen LogP contribution >= 0.6 is 0 Å². The molecule has 2 atom stereocenters. The predicted octanol–water partition coefficient (Wildman–Crippen LogP) is 2.54. The van der Waals surface area contributed by atoms with Crippen LogP contribution in [0.15, 0.2) is 24.3 Å². The zero-order chi connectivity index (χ0) is 15.3. The standard InChI is InChI=1S/C15H20FNO3/c1-9(2)14(15(19)20)17-13(18)7-10(3)11-5-4-6-12(16)8-11/h4-6,8-10,14H,7H2,1-3H3,(H,17,18)(H,19,20)/t10-,14+/m0/s1. The maximum atomic E-state index is 13.1. The molecule has 0 radical (unpaired) electrons. The lowest BCUT2D eigenvalue weighted by molar-refractivity contribution is -0.143. The highest BCUT2D eigenvalue weighted by molar-refractivity contribution is 5.84. The first kappa shape index (κ1) is 16.1. The number of halogens is 1. The number of benzene rings is 1. The van der Waals surface area contributed by atoms with Gasteiger partial charge in [0.2, 0.25) is 5.91 Å². The Kier molecular flexibility index (Phi) is 5.67. The van der Waals surface area contributed by atoms with Crippen LogP contribution in [0.3, 0.4) is 0 Å². The van der Waals surface area contributed by atoms with E-state index < -0.39 is 12.0 Å². The first-order chi connectivity index (χ1) is 9.31. The van der Waals surface area contributed by atoms with Crippen LogP contribution in [-0.4, -0.2) is 23.0 Å². The zero-order valence-corrected chi connectivity index (χ0v) is 11.9. The highest BCUT2D eigenvalue weighted by Gasteiger charge is 2.24. The second-order valence-electron chi connectivity index (χ2n) is 5.29. The van der Waals surface area contributed by atoms with Crippen LogP contribution in [0, 0.1) is 11.7 Å². The third-order valence-electron chi connectivity index (χ3n) is 3.16. The van der Waals surface area contributed by atoms with E-state index in [1.807, 2.05) is 0 Å². The van der Waals surface area contributed by atoms with Gasteiger partial charge in [-0.3, -0.25) is 4.79 Å². The van der Waals surface area contributed by atoms with Gasteiger partial charge < -0.3 is 10.4 Å². The first-order valence-corrected chi connectivity index (χ1v) is 6.59. The number of rotatable bonds is 6. The van der Waals surface area contributed by atoms with Crippen molar-refractivity contribution in [1.29, 1.82) is 0 Å². The number of carbonyl (C=O) groups is 2.